The third-order valence-electron chi connectivity index (χ3n) is 4.40. The Bertz CT molecular complexity index is 259. The zero-order valence-electron chi connectivity index (χ0n) is 10.4. The van der Waals surface area contributed by atoms with Crippen LogP contribution in [-0.2, 0) is 4.79 Å². The Kier molecular flexibility index (Phi) is 3.53. The lowest BCUT2D eigenvalue weighted by atomic mass is 9.79. The number of hydrogen-bond acceptors (Lipinski definition) is 2. The van der Waals surface area contributed by atoms with E-state index in [2.05, 4.69) is 18.7 Å². The van der Waals surface area contributed by atoms with Gasteiger partial charge in [0, 0.05) is 19.1 Å². The van der Waals surface area contributed by atoms with E-state index < -0.39 is 5.97 Å². The molecular formula is C13H23NO2. The van der Waals surface area contributed by atoms with Gasteiger partial charge < -0.3 is 5.11 Å². The van der Waals surface area contributed by atoms with Gasteiger partial charge in [-0.05, 0) is 24.7 Å². The number of rotatable bonds is 3. The molecular weight excluding hydrogens is 202 g/mol. The highest BCUT2D eigenvalue weighted by atomic mass is 16.4. The van der Waals surface area contributed by atoms with Gasteiger partial charge in [-0.15, -0.1) is 0 Å². The molecule has 0 aromatic heterocycles. The maximum atomic E-state index is 11.2. The van der Waals surface area contributed by atoms with Gasteiger partial charge in [-0.1, -0.05) is 26.7 Å². The molecule has 2 unspecified atom stereocenters. The van der Waals surface area contributed by atoms with Gasteiger partial charge in [-0.2, -0.15) is 0 Å². The van der Waals surface area contributed by atoms with Crippen molar-refractivity contribution in [3.63, 3.8) is 0 Å². The lowest BCUT2D eigenvalue weighted by Gasteiger charge is -2.49. The Labute approximate surface area is 97.8 Å². The molecule has 0 aromatic carbocycles. The summed E-state index contributed by atoms with van der Waals surface area (Å²) in [6.07, 6.45) is 4.26. The van der Waals surface area contributed by atoms with Crippen LogP contribution >= 0.6 is 0 Å². The molecule has 2 aliphatic rings. The van der Waals surface area contributed by atoms with E-state index in [-0.39, 0.29) is 5.92 Å². The summed E-state index contributed by atoms with van der Waals surface area (Å²) >= 11 is 0. The van der Waals surface area contributed by atoms with Gasteiger partial charge >= 0.3 is 5.97 Å². The monoisotopic (exact) mass is 225 g/mol. The minimum atomic E-state index is -0.585. The number of carboxylic acid groups (broad SMARTS) is 1. The smallest absolute Gasteiger partial charge is 0.308 e. The Hall–Kier alpha value is -0.570. The first-order valence-electron chi connectivity index (χ1n) is 6.56. The van der Waals surface area contributed by atoms with Crippen molar-refractivity contribution in [2.45, 2.75) is 45.6 Å². The van der Waals surface area contributed by atoms with Crippen molar-refractivity contribution in [1.82, 2.24) is 4.90 Å². The molecule has 0 aromatic rings. The van der Waals surface area contributed by atoms with Crippen molar-refractivity contribution >= 4 is 5.97 Å². The van der Waals surface area contributed by atoms with E-state index >= 15 is 0 Å². The first-order valence-corrected chi connectivity index (χ1v) is 6.56. The third-order valence-corrected chi connectivity index (χ3v) is 4.40. The van der Waals surface area contributed by atoms with Crippen molar-refractivity contribution in [1.29, 1.82) is 0 Å². The van der Waals surface area contributed by atoms with Gasteiger partial charge in [-0.3, -0.25) is 9.69 Å². The maximum absolute atomic E-state index is 11.2. The van der Waals surface area contributed by atoms with Gasteiger partial charge in [0.05, 0.1) is 5.92 Å². The van der Waals surface area contributed by atoms with Gasteiger partial charge in [0.1, 0.15) is 0 Å². The van der Waals surface area contributed by atoms with Crippen molar-refractivity contribution in [2.75, 3.05) is 13.1 Å². The first kappa shape index (κ1) is 11.9. The molecule has 2 rings (SSSR count). The summed E-state index contributed by atoms with van der Waals surface area (Å²) in [5, 5.41) is 9.23. The normalized spacial score (nSPS) is 32.7. The van der Waals surface area contributed by atoms with E-state index in [0.29, 0.717) is 6.04 Å². The van der Waals surface area contributed by atoms with Crippen molar-refractivity contribution in [3.8, 4) is 0 Å². The Balaban J connectivity index is 1.90. The summed E-state index contributed by atoms with van der Waals surface area (Å²) in [4.78, 5) is 13.6. The fraction of sp³-hybridized carbons (Fsp3) is 0.923. The zero-order valence-corrected chi connectivity index (χ0v) is 10.4. The van der Waals surface area contributed by atoms with Gasteiger partial charge in [0.2, 0.25) is 0 Å². The van der Waals surface area contributed by atoms with Crippen LogP contribution in [0.25, 0.3) is 0 Å². The van der Waals surface area contributed by atoms with Crippen LogP contribution in [0.1, 0.15) is 39.5 Å². The highest BCUT2D eigenvalue weighted by Crippen LogP contribution is 2.34. The number of likely N-dealkylation sites (tertiary alicyclic amines) is 1. The molecule has 1 saturated heterocycles. The summed E-state index contributed by atoms with van der Waals surface area (Å²) in [5.41, 5.74) is 0. The predicted molar refractivity (Wildman–Crippen MR) is 63.3 cm³/mol. The molecule has 1 heterocycles. The molecule has 16 heavy (non-hydrogen) atoms. The van der Waals surface area contributed by atoms with Gasteiger partial charge in [0.25, 0.3) is 0 Å². The number of nitrogens with zero attached hydrogens (tertiary/aromatic N) is 1. The number of carbonyl (C=O) groups is 1. The lowest BCUT2D eigenvalue weighted by Crippen LogP contribution is -2.57. The third kappa shape index (κ3) is 2.24. The zero-order chi connectivity index (χ0) is 11.7. The lowest BCUT2D eigenvalue weighted by molar-refractivity contribution is -0.147. The van der Waals surface area contributed by atoms with Crippen LogP contribution in [0.2, 0.25) is 0 Å². The molecule has 2 atom stereocenters. The molecule has 1 aliphatic heterocycles. The van der Waals surface area contributed by atoms with E-state index in [4.69, 9.17) is 0 Å². The van der Waals surface area contributed by atoms with E-state index in [1.807, 2.05) is 0 Å². The molecule has 0 radical (unpaired) electrons. The Morgan fingerprint density at radius 1 is 1.25 bits per heavy atom. The molecule has 3 heteroatoms. The maximum Gasteiger partial charge on any atom is 0.308 e. The minimum absolute atomic E-state index is 0.109. The Morgan fingerprint density at radius 2 is 1.88 bits per heavy atom. The fourth-order valence-electron chi connectivity index (χ4n) is 3.08. The molecule has 1 N–H and O–H groups in total. The number of hydrogen-bond donors (Lipinski definition) is 1. The molecule has 1 saturated carbocycles. The molecule has 1 aliphatic carbocycles. The SMILES string of the molecule is CC(C)C1CN(C2CCCCC2C(=O)O)C1. The standard InChI is InChI=1S/C13H23NO2/c1-9(2)10-7-14(8-10)12-6-4-3-5-11(12)13(15)16/h9-12H,3-8H2,1-2H3,(H,15,16). The average molecular weight is 225 g/mol. The second-order valence-electron chi connectivity index (χ2n) is 5.75. The molecule has 92 valence electrons. The molecule has 0 bridgehead atoms. The minimum Gasteiger partial charge on any atom is -0.481 e. The van der Waals surface area contributed by atoms with Crippen LogP contribution in [0.5, 0.6) is 0 Å². The van der Waals surface area contributed by atoms with Crippen LogP contribution in [0.15, 0.2) is 0 Å². The Morgan fingerprint density at radius 3 is 2.44 bits per heavy atom. The fourth-order valence-corrected chi connectivity index (χ4v) is 3.08. The quantitative estimate of drug-likeness (QED) is 0.800. The van der Waals surface area contributed by atoms with Crippen LogP contribution in [0.3, 0.4) is 0 Å². The second-order valence-corrected chi connectivity index (χ2v) is 5.75. The van der Waals surface area contributed by atoms with Crippen LogP contribution < -0.4 is 0 Å². The highest BCUT2D eigenvalue weighted by molar-refractivity contribution is 5.71. The van der Waals surface area contributed by atoms with E-state index in [9.17, 15) is 9.90 Å². The van der Waals surface area contributed by atoms with Crippen molar-refractivity contribution in [2.24, 2.45) is 17.8 Å². The highest BCUT2D eigenvalue weighted by Gasteiger charge is 2.40. The van der Waals surface area contributed by atoms with Crippen LogP contribution in [0.4, 0.5) is 0 Å². The molecule has 2 fully saturated rings. The van der Waals surface area contributed by atoms with E-state index in [1.165, 1.54) is 6.42 Å². The summed E-state index contributed by atoms with van der Waals surface area (Å²) in [5.74, 6) is 0.832. The molecule has 0 amide bonds. The summed E-state index contributed by atoms with van der Waals surface area (Å²) in [6, 6.07) is 0.321. The van der Waals surface area contributed by atoms with E-state index in [0.717, 1.165) is 44.2 Å². The molecule has 3 nitrogen and oxygen atoms in total. The van der Waals surface area contributed by atoms with E-state index in [1.54, 1.807) is 0 Å². The van der Waals surface area contributed by atoms with Crippen molar-refractivity contribution in [3.05, 3.63) is 0 Å². The van der Waals surface area contributed by atoms with Gasteiger partial charge in [-0.25, -0.2) is 0 Å². The molecule has 0 spiro atoms. The van der Waals surface area contributed by atoms with Crippen molar-refractivity contribution < 1.29 is 9.90 Å². The summed E-state index contributed by atoms with van der Waals surface area (Å²) < 4.78 is 0. The second kappa shape index (κ2) is 4.74. The predicted octanol–water partition coefficient (Wildman–Crippen LogP) is 2.22. The van der Waals surface area contributed by atoms with Crippen LogP contribution in [-0.4, -0.2) is 35.1 Å². The topological polar surface area (TPSA) is 40.5 Å². The van der Waals surface area contributed by atoms with Crippen LogP contribution in [0, 0.1) is 17.8 Å². The first-order chi connectivity index (χ1) is 7.59. The van der Waals surface area contributed by atoms with Gasteiger partial charge in [0.15, 0.2) is 0 Å². The number of aliphatic carboxylic acids is 1. The average Bonchev–Trinajstić information content (AvgIpc) is 2.15. The summed E-state index contributed by atoms with van der Waals surface area (Å²) in [6.45, 7) is 6.76. The number of carboxylic acids is 1. The largest absolute Gasteiger partial charge is 0.481 e. The summed E-state index contributed by atoms with van der Waals surface area (Å²) in [7, 11) is 0.